The van der Waals surface area contributed by atoms with E-state index in [0.717, 1.165) is 9.37 Å². The Morgan fingerprint density at radius 3 is 2.84 bits per heavy atom. The lowest BCUT2D eigenvalue weighted by Gasteiger charge is -2.06. The van der Waals surface area contributed by atoms with E-state index in [9.17, 15) is 4.79 Å². The van der Waals surface area contributed by atoms with Crippen LogP contribution in [0.25, 0.3) is 0 Å². The molecular weight excluding hydrogens is 326 g/mol. The molecule has 1 aromatic carbocycles. The van der Waals surface area contributed by atoms with E-state index in [-0.39, 0.29) is 5.78 Å². The van der Waals surface area contributed by atoms with Crippen LogP contribution in [0.1, 0.15) is 10.5 Å². The maximum absolute atomic E-state index is 12.1. The van der Waals surface area contributed by atoms with E-state index in [1.54, 1.807) is 18.3 Å². The summed E-state index contributed by atoms with van der Waals surface area (Å²) in [4.78, 5) is 17.2. The van der Waals surface area contributed by atoms with Gasteiger partial charge in [0.25, 0.3) is 0 Å². The zero-order chi connectivity index (χ0) is 13.7. The lowest BCUT2D eigenvalue weighted by atomic mass is 10.2. The highest BCUT2D eigenvalue weighted by Gasteiger charge is 2.14. The number of carbonyl (C=O) groups is 1. The van der Waals surface area contributed by atoms with Crippen molar-refractivity contribution >= 4 is 33.5 Å². The minimum absolute atomic E-state index is 0.0433. The van der Waals surface area contributed by atoms with Crippen LogP contribution in [-0.2, 0) is 0 Å². The molecule has 98 valence electrons. The second kappa shape index (κ2) is 6.73. The molecule has 19 heavy (non-hydrogen) atoms. The monoisotopic (exact) mass is 337 g/mol. The van der Waals surface area contributed by atoms with Crippen molar-refractivity contribution in [1.29, 1.82) is 0 Å². The highest BCUT2D eigenvalue weighted by molar-refractivity contribution is 9.10. The number of ether oxygens (including phenoxy) is 1. The van der Waals surface area contributed by atoms with Crippen molar-refractivity contribution in [3.05, 3.63) is 52.8 Å². The Morgan fingerprint density at radius 2 is 2.11 bits per heavy atom. The Labute approximate surface area is 124 Å². The maximum atomic E-state index is 12.1. The first-order valence-corrected chi connectivity index (χ1v) is 7.39. The van der Waals surface area contributed by atoms with Gasteiger partial charge in [-0.2, -0.15) is 0 Å². The molecule has 1 heterocycles. The molecule has 0 saturated carbocycles. The van der Waals surface area contributed by atoms with Crippen LogP contribution in [0.4, 0.5) is 0 Å². The van der Waals surface area contributed by atoms with Crippen molar-refractivity contribution in [1.82, 2.24) is 4.98 Å². The van der Waals surface area contributed by atoms with E-state index in [2.05, 4.69) is 20.9 Å². The van der Waals surface area contributed by atoms with E-state index in [1.807, 2.05) is 24.3 Å². The molecule has 0 bridgehead atoms. The number of rotatable bonds is 5. The molecule has 1 aromatic heterocycles. The summed E-state index contributed by atoms with van der Waals surface area (Å²) in [5, 5.41) is 0. The first kappa shape index (κ1) is 14.1. The number of nitrogens with zero attached hydrogens (tertiary/aromatic N) is 1. The second-order valence-electron chi connectivity index (χ2n) is 3.70. The van der Waals surface area contributed by atoms with Crippen LogP contribution in [0.2, 0.25) is 0 Å². The summed E-state index contributed by atoms with van der Waals surface area (Å²) >= 11 is 4.94. The number of aromatic nitrogens is 1. The van der Waals surface area contributed by atoms with Crippen molar-refractivity contribution in [2.45, 2.75) is 4.90 Å². The van der Waals surface area contributed by atoms with Crippen LogP contribution in [0.5, 0.6) is 5.75 Å². The Hall–Kier alpha value is -1.33. The fraction of sp³-hybridized carbons (Fsp3) is 0.143. The van der Waals surface area contributed by atoms with Crippen molar-refractivity contribution in [3.63, 3.8) is 0 Å². The molecule has 0 atom stereocenters. The van der Waals surface area contributed by atoms with E-state index < -0.39 is 0 Å². The highest BCUT2D eigenvalue weighted by Crippen LogP contribution is 2.28. The lowest BCUT2D eigenvalue weighted by molar-refractivity contribution is 0.101. The van der Waals surface area contributed by atoms with Crippen LogP contribution in [0.15, 0.2) is 52.0 Å². The summed E-state index contributed by atoms with van der Waals surface area (Å²) in [5.41, 5.74) is 0.379. The van der Waals surface area contributed by atoms with Crippen LogP contribution >= 0.6 is 27.7 Å². The summed E-state index contributed by atoms with van der Waals surface area (Å²) in [6.07, 6.45) is 1.60. The van der Waals surface area contributed by atoms with Gasteiger partial charge in [-0.15, -0.1) is 11.8 Å². The van der Waals surface area contributed by atoms with Gasteiger partial charge in [-0.3, -0.25) is 4.79 Å². The number of carbonyl (C=O) groups excluding carboxylic acids is 1. The van der Waals surface area contributed by atoms with Crippen LogP contribution in [0, 0.1) is 0 Å². The quantitative estimate of drug-likeness (QED) is 0.614. The van der Waals surface area contributed by atoms with E-state index in [1.165, 1.54) is 18.9 Å². The van der Waals surface area contributed by atoms with Crippen molar-refractivity contribution < 1.29 is 9.53 Å². The van der Waals surface area contributed by atoms with Gasteiger partial charge in [-0.1, -0.05) is 12.1 Å². The molecule has 0 saturated heterocycles. The molecular formula is C14H12BrNO2S. The third-order valence-corrected chi connectivity index (χ3v) is 4.48. The summed E-state index contributed by atoms with van der Waals surface area (Å²) in [6.45, 7) is 0. The number of thioether (sulfide) groups is 1. The fourth-order valence-corrected chi connectivity index (χ4v) is 2.97. The van der Waals surface area contributed by atoms with Gasteiger partial charge in [0.2, 0.25) is 0 Å². The highest BCUT2D eigenvalue weighted by atomic mass is 79.9. The third-order valence-electron chi connectivity index (χ3n) is 2.45. The van der Waals surface area contributed by atoms with E-state index in [0.29, 0.717) is 17.2 Å². The van der Waals surface area contributed by atoms with Gasteiger partial charge < -0.3 is 4.74 Å². The van der Waals surface area contributed by atoms with Gasteiger partial charge in [0.15, 0.2) is 5.78 Å². The first-order valence-electron chi connectivity index (χ1n) is 5.62. The predicted octanol–water partition coefficient (Wildman–Crippen LogP) is 3.83. The van der Waals surface area contributed by atoms with Crippen LogP contribution in [0.3, 0.4) is 0 Å². The van der Waals surface area contributed by atoms with E-state index in [4.69, 9.17) is 4.74 Å². The number of benzene rings is 1. The van der Waals surface area contributed by atoms with Gasteiger partial charge in [-0.25, -0.2) is 4.98 Å². The largest absolute Gasteiger partial charge is 0.494 e. The minimum Gasteiger partial charge on any atom is -0.494 e. The van der Waals surface area contributed by atoms with Crippen molar-refractivity contribution in [2.75, 3.05) is 12.9 Å². The molecule has 0 aliphatic rings. The summed E-state index contributed by atoms with van der Waals surface area (Å²) in [6, 6.07) is 11.3. The Morgan fingerprint density at radius 1 is 1.32 bits per heavy atom. The Kier molecular flexibility index (Phi) is 4.99. The minimum atomic E-state index is -0.0433. The molecule has 3 nitrogen and oxygen atoms in total. The number of halogens is 1. The number of Topliss-reactive ketones (excluding diaryl/α,β-unsaturated/α-hetero) is 1. The summed E-state index contributed by atoms with van der Waals surface area (Å²) in [7, 11) is 1.54. The van der Waals surface area contributed by atoms with Crippen LogP contribution in [-0.4, -0.2) is 23.6 Å². The Bertz CT molecular complexity index is 589. The third kappa shape index (κ3) is 3.58. The fourth-order valence-electron chi connectivity index (χ4n) is 1.54. The molecule has 0 spiro atoms. The molecule has 0 radical (unpaired) electrons. The summed E-state index contributed by atoms with van der Waals surface area (Å²) in [5.74, 6) is 0.800. The molecule has 0 N–H and O–H groups in total. The van der Waals surface area contributed by atoms with Gasteiger partial charge in [0, 0.05) is 15.6 Å². The Balaban J connectivity index is 2.08. The lowest BCUT2D eigenvalue weighted by Crippen LogP contribution is -2.07. The molecule has 0 unspecified atom stereocenters. The smallest absolute Gasteiger partial charge is 0.195 e. The first-order chi connectivity index (χ1) is 9.22. The normalized spacial score (nSPS) is 10.2. The molecule has 0 fully saturated rings. The number of ketones is 1. The number of hydrogen-bond donors (Lipinski definition) is 0. The standard InChI is InChI=1S/C14H12BrNO2S/c1-18-12-6-4-8-16-14(12)11(17)9-19-13-7-3-2-5-10(13)15/h2-8H,9H2,1H3. The average molecular weight is 338 g/mol. The molecule has 2 aromatic rings. The second-order valence-corrected chi connectivity index (χ2v) is 5.57. The molecule has 0 aliphatic carbocycles. The van der Waals surface area contributed by atoms with Gasteiger partial charge >= 0.3 is 0 Å². The van der Waals surface area contributed by atoms with Crippen LogP contribution < -0.4 is 4.74 Å². The van der Waals surface area contributed by atoms with Gasteiger partial charge in [0.05, 0.1) is 12.9 Å². The molecule has 0 amide bonds. The molecule has 5 heteroatoms. The van der Waals surface area contributed by atoms with Crippen molar-refractivity contribution in [3.8, 4) is 5.75 Å². The zero-order valence-electron chi connectivity index (χ0n) is 10.3. The number of methoxy groups -OCH3 is 1. The van der Waals surface area contributed by atoms with Gasteiger partial charge in [-0.05, 0) is 40.2 Å². The molecule has 2 rings (SSSR count). The van der Waals surface area contributed by atoms with Gasteiger partial charge in [0.1, 0.15) is 11.4 Å². The number of hydrogen-bond acceptors (Lipinski definition) is 4. The summed E-state index contributed by atoms with van der Waals surface area (Å²) < 4.78 is 6.13. The zero-order valence-corrected chi connectivity index (χ0v) is 12.7. The number of pyridine rings is 1. The van der Waals surface area contributed by atoms with Crippen molar-refractivity contribution in [2.24, 2.45) is 0 Å². The predicted molar refractivity (Wildman–Crippen MR) is 80.0 cm³/mol. The van der Waals surface area contributed by atoms with E-state index >= 15 is 0 Å². The SMILES string of the molecule is COc1cccnc1C(=O)CSc1ccccc1Br. The maximum Gasteiger partial charge on any atom is 0.195 e. The molecule has 0 aliphatic heterocycles. The average Bonchev–Trinajstić information content (AvgIpc) is 2.46. The topological polar surface area (TPSA) is 39.2 Å².